The molecule has 1 unspecified atom stereocenters. The van der Waals surface area contributed by atoms with Crippen LogP contribution in [0.4, 0.5) is 5.69 Å². The molecule has 1 aromatic rings. The number of hydrogen-bond donors (Lipinski definition) is 2. The van der Waals surface area contributed by atoms with E-state index < -0.39 is 5.60 Å². The van der Waals surface area contributed by atoms with Crippen LogP contribution in [0.25, 0.3) is 0 Å². The fourth-order valence-corrected chi connectivity index (χ4v) is 2.81. The molecule has 1 aromatic carbocycles. The first-order chi connectivity index (χ1) is 9.91. The maximum Gasteiger partial charge on any atom is 0.101 e. The average Bonchev–Trinajstić information content (AvgIpc) is 2.43. The zero-order chi connectivity index (χ0) is 15.5. The molecule has 0 bridgehead atoms. The normalized spacial score (nSPS) is 22.4. The molecule has 2 N–H and O–H groups in total. The summed E-state index contributed by atoms with van der Waals surface area (Å²) in [6.45, 7) is 8.33. The molecule has 1 atom stereocenters. The van der Waals surface area contributed by atoms with Crippen molar-refractivity contribution in [2.45, 2.75) is 51.8 Å². The maximum atomic E-state index is 10.2. The Morgan fingerprint density at radius 1 is 1.48 bits per heavy atom. The molecule has 0 radical (unpaired) electrons. The van der Waals surface area contributed by atoms with Gasteiger partial charge in [-0.25, -0.2) is 0 Å². The number of β-amino-alcohol motifs (C(OH)–C–C–N with tert-alkyl or cyclic N) is 1. The van der Waals surface area contributed by atoms with Crippen LogP contribution in [-0.4, -0.2) is 29.8 Å². The molecule has 2 rings (SSSR count). The van der Waals surface area contributed by atoms with E-state index in [-0.39, 0.29) is 0 Å². The van der Waals surface area contributed by atoms with Crippen molar-refractivity contribution in [3.8, 4) is 6.07 Å². The van der Waals surface area contributed by atoms with Gasteiger partial charge in [0.2, 0.25) is 0 Å². The molecule has 1 fully saturated rings. The highest BCUT2D eigenvalue weighted by atomic mass is 16.3. The molecule has 1 aliphatic rings. The maximum absolute atomic E-state index is 10.2. The number of piperidine rings is 1. The van der Waals surface area contributed by atoms with Gasteiger partial charge < -0.3 is 15.3 Å². The van der Waals surface area contributed by atoms with Crippen molar-refractivity contribution in [3.05, 3.63) is 29.3 Å². The Morgan fingerprint density at radius 3 is 2.86 bits per heavy atom. The Balaban J connectivity index is 2.18. The van der Waals surface area contributed by atoms with Crippen molar-refractivity contribution in [2.75, 3.05) is 18.0 Å². The molecule has 0 aromatic heterocycles. The molecule has 1 saturated heterocycles. The average molecular weight is 287 g/mol. The molecular weight excluding hydrogens is 262 g/mol. The van der Waals surface area contributed by atoms with E-state index in [9.17, 15) is 10.4 Å². The van der Waals surface area contributed by atoms with E-state index in [4.69, 9.17) is 0 Å². The third-order valence-electron chi connectivity index (χ3n) is 3.91. The van der Waals surface area contributed by atoms with Gasteiger partial charge in [-0.3, -0.25) is 0 Å². The van der Waals surface area contributed by atoms with Crippen molar-refractivity contribution in [3.63, 3.8) is 0 Å². The lowest BCUT2D eigenvalue weighted by Gasteiger charge is -2.38. The van der Waals surface area contributed by atoms with Gasteiger partial charge in [-0.2, -0.15) is 5.26 Å². The second kappa shape index (κ2) is 6.46. The minimum absolute atomic E-state index is 0.424. The van der Waals surface area contributed by atoms with Gasteiger partial charge in [0.1, 0.15) is 6.07 Å². The van der Waals surface area contributed by atoms with Crippen molar-refractivity contribution >= 4 is 5.69 Å². The number of rotatable bonds is 4. The van der Waals surface area contributed by atoms with E-state index in [1.54, 1.807) is 0 Å². The standard InChI is InChI=1S/C17H25N3O/c1-13(2)19-11-14-5-6-16(15(9-14)10-18)20-8-4-7-17(3,21)12-20/h5-6,9,13,19,21H,4,7-8,11-12H2,1-3H3. The van der Waals surface area contributed by atoms with Gasteiger partial charge in [-0.05, 0) is 37.5 Å². The van der Waals surface area contributed by atoms with Crippen molar-refractivity contribution < 1.29 is 5.11 Å². The highest BCUT2D eigenvalue weighted by Gasteiger charge is 2.29. The van der Waals surface area contributed by atoms with Crippen LogP contribution < -0.4 is 10.2 Å². The van der Waals surface area contributed by atoms with Gasteiger partial charge in [-0.1, -0.05) is 19.9 Å². The van der Waals surface area contributed by atoms with Gasteiger partial charge in [0.15, 0.2) is 0 Å². The SMILES string of the molecule is CC(C)NCc1ccc(N2CCCC(C)(O)C2)c(C#N)c1. The summed E-state index contributed by atoms with van der Waals surface area (Å²) >= 11 is 0. The molecule has 0 aliphatic carbocycles. The number of nitrogens with one attached hydrogen (secondary N) is 1. The van der Waals surface area contributed by atoms with E-state index in [1.165, 1.54) is 0 Å². The van der Waals surface area contributed by atoms with Gasteiger partial charge in [0.25, 0.3) is 0 Å². The van der Waals surface area contributed by atoms with Crippen LogP contribution in [-0.2, 0) is 6.54 Å². The summed E-state index contributed by atoms with van der Waals surface area (Å²) in [5.74, 6) is 0. The number of anilines is 1. The van der Waals surface area contributed by atoms with E-state index in [1.807, 2.05) is 19.1 Å². The predicted molar refractivity (Wildman–Crippen MR) is 85.2 cm³/mol. The van der Waals surface area contributed by atoms with E-state index in [2.05, 4.69) is 36.2 Å². The van der Waals surface area contributed by atoms with Crippen molar-refractivity contribution in [2.24, 2.45) is 0 Å². The van der Waals surface area contributed by atoms with Crippen LogP contribution in [0.2, 0.25) is 0 Å². The summed E-state index contributed by atoms with van der Waals surface area (Å²) in [7, 11) is 0. The third kappa shape index (κ3) is 4.20. The predicted octanol–water partition coefficient (Wildman–Crippen LogP) is 2.41. The minimum Gasteiger partial charge on any atom is -0.388 e. The zero-order valence-electron chi connectivity index (χ0n) is 13.2. The highest BCUT2D eigenvalue weighted by molar-refractivity contribution is 5.61. The van der Waals surface area contributed by atoms with Crippen LogP contribution >= 0.6 is 0 Å². The summed E-state index contributed by atoms with van der Waals surface area (Å²) < 4.78 is 0. The highest BCUT2D eigenvalue weighted by Crippen LogP contribution is 2.28. The lowest BCUT2D eigenvalue weighted by Crippen LogP contribution is -2.46. The van der Waals surface area contributed by atoms with E-state index >= 15 is 0 Å². The molecule has 114 valence electrons. The molecule has 0 saturated carbocycles. The first-order valence-corrected chi connectivity index (χ1v) is 7.65. The van der Waals surface area contributed by atoms with Crippen LogP contribution in [0.1, 0.15) is 44.7 Å². The summed E-state index contributed by atoms with van der Waals surface area (Å²) in [6, 6.07) is 8.75. The van der Waals surface area contributed by atoms with Crippen LogP contribution in [0.5, 0.6) is 0 Å². The van der Waals surface area contributed by atoms with E-state index in [0.717, 1.165) is 37.2 Å². The molecule has 1 aliphatic heterocycles. The Hall–Kier alpha value is -1.57. The summed E-state index contributed by atoms with van der Waals surface area (Å²) in [6.07, 6.45) is 1.77. The largest absolute Gasteiger partial charge is 0.388 e. The Morgan fingerprint density at radius 2 is 2.24 bits per heavy atom. The van der Waals surface area contributed by atoms with Crippen LogP contribution in [0.3, 0.4) is 0 Å². The number of aliphatic hydroxyl groups is 1. The summed E-state index contributed by atoms with van der Waals surface area (Å²) in [5.41, 5.74) is 2.08. The van der Waals surface area contributed by atoms with Gasteiger partial charge in [0.05, 0.1) is 16.9 Å². The molecule has 0 spiro atoms. The number of nitrogens with zero attached hydrogens (tertiary/aromatic N) is 2. The molecule has 21 heavy (non-hydrogen) atoms. The second-order valence-corrected chi connectivity index (χ2v) is 6.52. The monoisotopic (exact) mass is 287 g/mol. The molecule has 4 nitrogen and oxygen atoms in total. The van der Waals surface area contributed by atoms with Crippen molar-refractivity contribution in [1.29, 1.82) is 5.26 Å². The van der Waals surface area contributed by atoms with Gasteiger partial charge in [0, 0.05) is 25.7 Å². The van der Waals surface area contributed by atoms with Crippen LogP contribution in [0.15, 0.2) is 18.2 Å². The second-order valence-electron chi connectivity index (χ2n) is 6.52. The fraction of sp³-hybridized carbons (Fsp3) is 0.588. The van der Waals surface area contributed by atoms with E-state index in [0.29, 0.717) is 18.2 Å². The number of nitriles is 1. The summed E-state index contributed by atoms with van der Waals surface area (Å²) in [5, 5.41) is 23.0. The first kappa shape index (κ1) is 15.8. The zero-order valence-corrected chi connectivity index (χ0v) is 13.2. The Labute approximate surface area is 127 Å². The minimum atomic E-state index is -0.664. The molecular formula is C17H25N3O. The Bertz CT molecular complexity index is 531. The third-order valence-corrected chi connectivity index (χ3v) is 3.91. The van der Waals surface area contributed by atoms with Crippen LogP contribution in [0, 0.1) is 11.3 Å². The Kier molecular flexibility index (Phi) is 4.87. The fourth-order valence-electron chi connectivity index (χ4n) is 2.81. The van der Waals surface area contributed by atoms with Gasteiger partial charge >= 0.3 is 0 Å². The number of hydrogen-bond acceptors (Lipinski definition) is 4. The quantitative estimate of drug-likeness (QED) is 0.893. The van der Waals surface area contributed by atoms with Gasteiger partial charge in [-0.15, -0.1) is 0 Å². The lowest BCUT2D eigenvalue weighted by atomic mass is 9.94. The molecule has 0 amide bonds. The lowest BCUT2D eigenvalue weighted by molar-refractivity contribution is 0.0449. The topological polar surface area (TPSA) is 59.3 Å². The molecule has 1 heterocycles. The summed E-state index contributed by atoms with van der Waals surface area (Å²) in [4.78, 5) is 2.13. The first-order valence-electron chi connectivity index (χ1n) is 7.65. The molecule has 4 heteroatoms. The number of benzene rings is 1. The smallest absolute Gasteiger partial charge is 0.101 e. The van der Waals surface area contributed by atoms with Crippen molar-refractivity contribution in [1.82, 2.24) is 5.32 Å².